The lowest BCUT2D eigenvalue weighted by Crippen LogP contribution is -2.47. The van der Waals surface area contributed by atoms with Crippen molar-refractivity contribution in [1.29, 1.82) is 0 Å². The maximum atomic E-state index is 12.8. The summed E-state index contributed by atoms with van der Waals surface area (Å²) in [6, 6.07) is 3.37. The Morgan fingerprint density at radius 3 is 2.39 bits per heavy atom. The van der Waals surface area contributed by atoms with Gasteiger partial charge in [-0.1, -0.05) is 11.6 Å². The molecule has 1 fully saturated rings. The van der Waals surface area contributed by atoms with Crippen LogP contribution in [0.15, 0.2) is 18.2 Å². The fourth-order valence-electron chi connectivity index (χ4n) is 2.94. The third-order valence-electron chi connectivity index (χ3n) is 4.65. The predicted molar refractivity (Wildman–Crippen MR) is 99.4 cm³/mol. The van der Waals surface area contributed by atoms with Crippen LogP contribution in [-0.2, 0) is 20.5 Å². The van der Waals surface area contributed by atoms with E-state index in [-0.39, 0.29) is 23.9 Å². The maximum Gasteiger partial charge on any atom is 0.416 e. The summed E-state index contributed by atoms with van der Waals surface area (Å²) >= 11 is 6.05. The van der Waals surface area contributed by atoms with Crippen LogP contribution >= 0.6 is 11.6 Å². The van der Waals surface area contributed by atoms with Gasteiger partial charge in [0, 0.05) is 46.2 Å². The Hall–Kier alpha value is -2.00. The van der Waals surface area contributed by atoms with Gasteiger partial charge in [-0.2, -0.15) is 13.2 Å². The first-order valence-electron chi connectivity index (χ1n) is 8.76. The number of piperazine rings is 1. The summed E-state index contributed by atoms with van der Waals surface area (Å²) in [5.74, 6) is -0.628. The molecule has 28 heavy (non-hydrogen) atoms. The molecule has 1 aliphatic rings. The SMILES string of the molecule is COC(=O)CN(C)C(=O)CCN1CCN(c2ccc(C(F)(F)F)cc2Cl)CC1. The molecule has 156 valence electrons. The van der Waals surface area contributed by atoms with Crippen molar-refractivity contribution in [3.05, 3.63) is 28.8 Å². The Morgan fingerprint density at radius 1 is 1.21 bits per heavy atom. The van der Waals surface area contributed by atoms with Crippen molar-refractivity contribution in [2.75, 3.05) is 58.3 Å². The number of rotatable bonds is 6. The molecule has 0 aromatic heterocycles. The fraction of sp³-hybridized carbons (Fsp3) is 0.556. The zero-order valence-corrected chi connectivity index (χ0v) is 16.5. The van der Waals surface area contributed by atoms with Crippen molar-refractivity contribution in [3.63, 3.8) is 0 Å². The number of hydrogen-bond donors (Lipinski definition) is 0. The van der Waals surface area contributed by atoms with E-state index in [9.17, 15) is 22.8 Å². The van der Waals surface area contributed by atoms with Crippen LogP contribution in [0.1, 0.15) is 12.0 Å². The highest BCUT2D eigenvalue weighted by Crippen LogP contribution is 2.35. The Bertz CT molecular complexity index is 707. The van der Waals surface area contributed by atoms with Gasteiger partial charge in [0.15, 0.2) is 0 Å². The van der Waals surface area contributed by atoms with Crippen LogP contribution in [-0.4, -0.2) is 75.1 Å². The Morgan fingerprint density at radius 2 is 1.86 bits per heavy atom. The van der Waals surface area contributed by atoms with Crippen molar-refractivity contribution in [2.45, 2.75) is 12.6 Å². The fourth-order valence-corrected chi connectivity index (χ4v) is 3.24. The molecule has 0 N–H and O–H groups in total. The van der Waals surface area contributed by atoms with E-state index in [4.69, 9.17) is 11.6 Å². The molecule has 0 atom stereocenters. The molecule has 0 radical (unpaired) electrons. The number of ether oxygens (including phenoxy) is 1. The summed E-state index contributed by atoms with van der Waals surface area (Å²) in [7, 11) is 2.81. The second-order valence-corrected chi connectivity index (χ2v) is 6.98. The first-order chi connectivity index (χ1) is 13.1. The predicted octanol–water partition coefficient (Wildman–Crippen LogP) is 2.50. The molecule has 0 bridgehead atoms. The van der Waals surface area contributed by atoms with Crippen molar-refractivity contribution < 1.29 is 27.5 Å². The summed E-state index contributed by atoms with van der Waals surface area (Å²) in [5.41, 5.74) is -0.197. The van der Waals surface area contributed by atoms with Crippen molar-refractivity contribution in [1.82, 2.24) is 9.80 Å². The topological polar surface area (TPSA) is 53.1 Å². The zero-order chi connectivity index (χ0) is 20.9. The number of halogens is 4. The smallest absolute Gasteiger partial charge is 0.416 e. The number of carbonyl (C=O) groups is 2. The Kier molecular flexibility index (Phi) is 7.54. The molecule has 6 nitrogen and oxygen atoms in total. The standard InChI is InChI=1S/C18H23ClF3N3O3/c1-23(12-17(27)28-2)16(26)5-6-24-7-9-25(10-8-24)15-4-3-13(11-14(15)19)18(20,21)22/h3-4,11H,5-10,12H2,1-2H3. The molecule has 1 aromatic carbocycles. The number of methoxy groups -OCH3 is 1. The molecule has 0 aliphatic carbocycles. The minimum Gasteiger partial charge on any atom is -0.468 e. The molecule has 1 amide bonds. The number of esters is 1. The molecular formula is C18H23ClF3N3O3. The minimum absolute atomic E-state index is 0.0721. The number of benzene rings is 1. The Balaban J connectivity index is 1.83. The van der Waals surface area contributed by atoms with E-state index in [1.165, 1.54) is 18.1 Å². The van der Waals surface area contributed by atoms with Crippen LogP contribution in [0.4, 0.5) is 18.9 Å². The molecule has 0 unspecified atom stereocenters. The largest absolute Gasteiger partial charge is 0.468 e. The van der Waals surface area contributed by atoms with Crippen molar-refractivity contribution in [3.8, 4) is 0 Å². The molecule has 0 spiro atoms. The van der Waals surface area contributed by atoms with Gasteiger partial charge in [-0.15, -0.1) is 0 Å². The number of hydrogen-bond acceptors (Lipinski definition) is 5. The Labute approximate surface area is 166 Å². The second kappa shape index (κ2) is 9.47. The van der Waals surface area contributed by atoms with E-state index in [1.807, 2.05) is 4.90 Å². The number of likely N-dealkylation sites (N-methyl/N-ethyl adjacent to an activating group) is 1. The van der Waals surface area contributed by atoms with Gasteiger partial charge in [0.05, 0.1) is 23.4 Å². The van der Waals surface area contributed by atoms with Crippen LogP contribution in [0, 0.1) is 0 Å². The lowest BCUT2D eigenvalue weighted by atomic mass is 10.1. The highest BCUT2D eigenvalue weighted by Gasteiger charge is 2.31. The maximum absolute atomic E-state index is 12.8. The molecular weight excluding hydrogens is 399 g/mol. The first kappa shape index (κ1) is 22.3. The van der Waals surface area contributed by atoms with Crippen LogP contribution < -0.4 is 4.90 Å². The number of anilines is 1. The number of amides is 1. The van der Waals surface area contributed by atoms with Crippen LogP contribution in [0.3, 0.4) is 0 Å². The summed E-state index contributed by atoms with van der Waals surface area (Å²) in [6.07, 6.45) is -4.15. The van der Waals surface area contributed by atoms with Gasteiger partial charge in [-0.25, -0.2) is 0 Å². The minimum atomic E-state index is -4.42. The first-order valence-corrected chi connectivity index (χ1v) is 9.14. The lowest BCUT2D eigenvalue weighted by Gasteiger charge is -2.36. The lowest BCUT2D eigenvalue weighted by molar-refractivity contribution is -0.146. The third-order valence-corrected chi connectivity index (χ3v) is 4.95. The van der Waals surface area contributed by atoms with Gasteiger partial charge in [0.1, 0.15) is 6.54 Å². The van der Waals surface area contributed by atoms with Crippen LogP contribution in [0.25, 0.3) is 0 Å². The summed E-state index contributed by atoms with van der Waals surface area (Å²) < 4.78 is 42.8. The van der Waals surface area contributed by atoms with E-state index < -0.39 is 17.7 Å². The molecule has 2 rings (SSSR count). The molecule has 1 saturated heterocycles. The van der Waals surface area contributed by atoms with Crippen LogP contribution in [0.2, 0.25) is 5.02 Å². The monoisotopic (exact) mass is 421 g/mol. The second-order valence-electron chi connectivity index (χ2n) is 6.57. The average molecular weight is 422 g/mol. The summed E-state index contributed by atoms with van der Waals surface area (Å²) in [6.45, 7) is 2.96. The van der Waals surface area contributed by atoms with Gasteiger partial charge >= 0.3 is 12.1 Å². The highest BCUT2D eigenvalue weighted by molar-refractivity contribution is 6.33. The third kappa shape index (κ3) is 6.00. The van der Waals surface area contributed by atoms with E-state index in [0.29, 0.717) is 38.4 Å². The molecule has 1 heterocycles. The summed E-state index contributed by atoms with van der Waals surface area (Å²) in [5, 5.41) is 0.0721. The number of nitrogens with zero attached hydrogens (tertiary/aromatic N) is 3. The van der Waals surface area contributed by atoms with Gasteiger partial charge in [0.2, 0.25) is 5.91 Å². The van der Waals surface area contributed by atoms with E-state index in [1.54, 1.807) is 7.05 Å². The zero-order valence-electron chi connectivity index (χ0n) is 15.8. The quantitative estimate of drug-likeness (QED) is 0.661. The summed E-state index contributed by atoms with van der Waals surface area (Å²) in [4.78, 5) is 28.6. The van der Waals surface area contributed by atoms with Gasteiger partial charge < -0.3 is 14.5 Å². The van der Waals surface area contributed by atoms with E-state index in [2.05, 4.69) is 9.64 Å². The average Bonchev–Trinajstić information content (AvgIpc) is 2.65. The molecule has 1 aromatic rings. The molecule has 0 saturated carbocycles. The molecule has 1 aliphatic heterocycles. The highest BCUT2D eigenvalue weighted by atomic mass is 35.5. The number of alkyl halides is 3. The van der Waals surface area contributed by atoms with Crippen molar-refractivity contribution >= 4 is 29.2 Å². The number of carbonyl (C=O) groups excluding carboxylic acids is 2. The van der Waals surface area contributed by atoms with Gasteiger partial charge in [-0.3, -0.25) is 14.5 Å². The van der Waals surface area contributed by atoms with Crippen molar-refractivity contribution in [2.24, 2.45) is 0 Å². The van der Waals surface area contributed by atoms with Gasteiger partial charge in [-0.05, 0) is 18.2 Å². The normalized spacial score (nSPS) is 15.4. The molecule has 10 heteroatoms. The van der Waals surface area contributed by atoms with Gasteiger partial charge in [0.25, 0.3) is 0 Å². The van der Waals surface area contributed by atoms with Crippen LogP contribution in [0.5, 0.6) is 0 Å². The van der Waals surface area contributed by atoms with E-state index >= 15 is 0 Å². The van der Waals surface area contributed by atoms with E-state index in [0.717, 1.165) is 12.1 Å².